The molecule has 0 aromatic carbocycles. The molecule has 0 aliphatic heterocycles. The van der Waals surface area contributed by atoms with Crippen LogP contribution in [-0.4, -0.2) is 9.78 Å². The third-order valence-corrected chi connectivity index (χ3v) is 4.38. The van der Waals surface area contributed by atoms with Gasteiger partial charge < -0.3 is 0 Å². The molecule has 4 rings (SSSR count). The number of nitrogens with zero attached hydrogens (tertiary/aromatic N) is 2. The lowest BCUT2D eigenvalue weighted by atomic mass is 9.50. The molecule has 0 atom stereocenters. The predicted octanol–water partition coefficient (Wildman–Crippen LogP) is 3.13. The van der Waals surface area contributed by atoms with Crippen molar-refractivity contribution < 1.29 is 0 Å². The largest absolute Gasteiger partial charge is 0.263 e. The van der Waals surface area contributed by atoms with E-state index in [1.54, 1.807) is 0 Å². The quantitative estimate of drug-likeness (QED) is 0.723. The second kappa shape index (κ2) is 2.66. The summed E-state index contributed by atoms with van der Waals surface area (Å²) >= 11 is 0. The Morgan fingerprint density at radius 1 is 1.27 bits per heavy atom. The van der Waals surface area contributed by atoms with Gasteiger partial charge in [-0.2, -0.15) is 5.10 Å². The predicted molar refractivity (Wildman–Crippen MR) is 61.1 cm³/mol. The van der Waals surface area contributed by atoms with E-state index in [1.165, 1.54) is 36.2 Å². The van der Waals surface area contributed by atoms with Gasteiger partial charge in [0.15, 0.2) is 0 Å². The Bertz CT molecular complexity index is 397. The zero-order valence-corrected chi connectivity index (χ0v) is 10.2. The maximum atomic E-state index is 4.78. The topological polar surface area (TPSA) is 17.8 Å². The van der Waals surface area contributed by atoms with Crippen LogP contribution in [0.5, 0.6) is 0 Å². The SMILES string of the molecule is Cc1nn(C23CC(C2)C3)c(C)c1C(C)C. The van der Waals surface area contributed by atoms with Crippen molar-refractivity contribution in [2.24, 2.45) is 5.92 Å². The van der Waals surface area contributed by atoms with E-state index in [0.29, 0.717) is 11.5 Å². The van der Waals surface area contributed by atoms with Crippen LogP contribution in [0.1, 0.15) is 56.0 Å². The van der Waals surface area contributed by atoms with Crippen molar-refractivity contribution in [2.75, 3.05) is 0 Å². The first-order chi connectivity index (χ1) is 7.03. The van der Waals surface area contributed by atoms with Gasteiger partial charge in [-0.15, -0.1) is 0 Å². The number of hydrogen-bond donors (Lipinski definition) is 0. The fraction of sp³-hybridized carbons (Fsp3) is 0.769. The first-order valence-electron chi connectivity index (χ1n) is 6.10. The van der Waals surface area contributed by atoms with Crippen molar-refractivity contribution in [3.63, 3.8) is 0 Å². The van der Waals surface area contributed by atoms with Crippen molar-refractivity contribution in [3.05, 3.63) is 17.0 Å². The van der Waals surface area contributed by atoms with Gasteiger partial charge in [0.25, 0.3) is 0 Å². The number of hydrogen-bond acceptors (Lipinski definition) is 1. The lowest BCUT2D eigenvalue weighted by molar-refractivity contribution is -0.0993. The summed E-state index contributed by atoms with van der Waals surface area (Å²) in [7, 11) is 0. The van der Waals surface area contributed by atoms with Crippen LogP contribution in [0.2, 0.25) is 0 Å². The fourth-order valence-electron chi connectivity index (χ4n) is 3.64. The molecule has 0 radical (unpaired) electrons. The van der Waals surface area contributed by atoms with E-state index in [9.17, 15) is 0 Å². The minimum Gasteiger partial charge on any atom is -0.263 e. The van der Waals surface area contributed by atoms with E-state index in [1.807, 2.05) is 0 Å². The normalized spacial score (nSPS) is 32.7. The fourth-order valence-corrected chi connectivity index (χ4v) is 3.64. The molecule has 82 valence electrons. The molecule has 1 aromatic rings. The van der Waals surface area contributed by atoms with E-state index in [0.717, 1.165) is 5.92 Å². The summed E-state index contributed by atoms with van der Waals surface area (Å²) in [6.07, 6.45) is 4.14. The van der Waals surface area contributed by atoms with Gasteiger partial charge in [0.2, 0.25) is 0 Å². The van der Waals surface area contributed by atoms with Crippen LogP contribution in [0.3, 0.4) is 0 Å². The average molecular weight is 204 g/mol. The zero-order chi connectivity index (χ0) is 10.8. The molecule has 0 spiro atoms. The molecular formula is C13H20N2. The molecule has 2 heteroatoms. The van der Waals surface area contributed by atoms with E-state index in [2.05, 4.69) is 32.4 Å². The van der Waals surface area contributed by atoms with Crippen LogP contribution < -0.4 is 0 Å². The maximum Gasteiger partial charge on any atom is 0.0638 e. The Hall–Kier alpha value is -0.790. The highest BCUT2D eigenvalue weighted by atomic mass is 15.4. The van der Waals surface area contributed by atoms with Crippen molar-refractivity contribution in [1.29, 1.82) is 0 Å². The molecule has 0 N–H and O–H groups in total. The number of aromatic nitrogens is 2. The van der Waals surface area contributed by atoms with E-state index in [4.69, 9.17) is 5.10 Å². The third kappa shape index (κ3) is 1.03. The molecule has 2 nitrogen and oxygen atoms in total. The summed E-state index contributed by atoms with van der Waals surface area (Å²) in [5.74, 6) is 1.63. The Balaban J connectivity index is 2.06. The van der Waals surface area contributed by atoms with Crippen molar-refractivity contribution in [3.8, 4) is 0 Å². The Morgan fingerprint density at radius 2 is 1.87 bits per heavy atom. The van der Waals surface area contributed by atoms with Crippen LogP contribution in [-0.2, 0) is 5.54 Å². The molecule has 0 saturated heterocycles. The highest BCUT2D eigenvalue weighted by Crippen LogP contribution is 2.62. The van der Waals surface area contributed by atoms with Crippen molar-refractivity contribution in [2.45, 2.75) is 58.4 Å². The highest BCUT2D eigenvalue weighted by molar-refractivity contribution is 5.30. The highest BCUT2D eigenvalue weighted by Gasteiger charge is 2.59. The first kappa shape index (κ1) is 9.44. The molecule has 0 amide bonds. The van der Waals surface area contributed by atoms with Gasteiger partial charge in [-0.05, 0) is 50.5 Å². The zero-order valence-electron chi connectivity index (χ0n) is 10.2. The standard InChI is InChI=1S/C13H20N2/c1-8(2)12-9(3)14-15(10(12)4)13-5-11(6-13)7-13/h8,11H,5-7H2,1-4H3. The monoisotopic (exact) mass is 204 g/mol. The van der Waals surface area contributed by atoms with E-state index in [-0.39, 0.29) is 0 Å². The lowest BCUT2D eigenvalue weighted by Crippen LogP contribution is -2.60. The van der Waals surface area contributed by atoms with Crippen LogP contribution in [0.25, 0.3) is 0 Å². The average Bonchev–Trinajstić information content (AvgIpc) is 2.21. The second-order valence-electron chi connectivity index (χ2n) is 5.85. The number of rotatable bonds is 2. The smallest absolute Gasteiger partial charge is 0.0638 e. The maximum absolute atomic E-state index is 4.78. The molecule has 1 aromatic heterocycles. The molecule has 3 fully saturated rings. The Labute approximate surface area is 91.7 Å². The molecule has 3 saturated carbocycles. The van der Waals surface area contributed by atoms with Gasteiger partial charge in [-0.1, -0.05) is 13.8 Å². The molecule has 15 heavy (non-hydrogen) atoms. The summed E-state index contributed by atoms with van der Waals surface area (Å²) in [5.41, 5.74) is 4.58. The minimum atomic E-state index is 0.451. The van der Waals surface area contributed by atoms with Gasteiger partial charge in [-0.3, -0.25) is 4.68 Å². The lowest BCUT2D eigenvalue weighted by Gasteiger charge is -2.61. The minimum absolute atomic E-state index is 0.451. The summed E-state index contributed by atoms with van der Waals surface area (Å²) in [6.45, 7) is 8.94. The van der Waals surface area contributed by atoms with E-state index >= 15 is 0 Å². The van der Waals surface area contributed by atoms with E-state index < -0.39 is 0 Å². The van der Waals surface area contributed by atoms with Crippen LogP contribution in [0, 0.1) is 19.8 Å². The van der Waals surface area contributed by atoms with Crippen LogP contribution in [0.4, 0.5) is 0 Å². The Morgan fingerprint density at radius 3 is 2.20 bits per heavy atom. The first-order valence-corrected chi connectivity index (χ1v) is 6.10. The molecule has 3 aliphatic rings. The summed E-state index contributed by atoms with van der Waals surface area (Å²) in [5, 5.41) is 4.78. The molecular weight excluding hydrogens is 184 g/mol. The van der Waals surface area contributed by atoms with Gasteiger partial charge in [0.1, 0.15) is 0 Å². The van der Waals surface area contributed by atoms with Gasteiger partial charge in [0.05, 0.1) is 11.2 Å². The van der Waals surface area contributed by atoms with Gasteiger partial charge in [-0.25, -0.2) is 0 Å². The van der Waals surface area contributed by atoms with Gasteiger partial charge in [0, 0.05) is 5.69 Å². The number of aryl methyl sites for hydroxylation is 1. The molecule has 3 aliphatic carbocycles. The third-order valence-electron chi connectivity index (χ3n) is 4.38. The molecule has 0 unspecified atom stereocenters. The second-order valence-corrected chi connectivity index (χ2v) is 5.85. The summed E-state index contributed by atoms with van der Waals surface area (Å²) < 4.78 is 2.34. The van der Waals surface area contributed by atoms with Crippen LogP contribution >= 0.6 is 0 Å². The molecule has 1 heterocycles. The molecule has 2 bridgehead atoms. The van der Waals surface area contributed by atoms with Crippen LogP contribution in [0.15, 0.2) is 0 Å². The van der Waals surface area contributed by atoms with Gasteiger partial charge >= 0.3 is 0 Å². The van der Waals surface area contributed by atoms with Crippen molar-refractivity contribution in [1.82, 2.24) is 9.78 Å². The summed E-state index contributed by atoms with van der Waals surface area (Å²) in [4.78, 5) is 0. The van der Waals surface area contributed by atoms with Crippen molar-refractivity contribution >= 4 is 0 Å². The summed E-state index contributed by atoms with van der Waals surface area (Å²) in [6, 6.07) is 0. The Kier molecular flexibility index (Phi) is 1.67.